The Labute approximate surface area is 156 Å². The van der Waals surface area contributed by atoms with E-state index in [1.54, 1.807) is 5.32 Å². The molecular formula is C18H12ClF3N2O3. The standard InChI is InChI=1S/C18H12ClF3N2O3/c19-13-8-6-11(7-9-13)14(25)10-24-15(26)17(18(20,21)22,23-16(24)27)12-4-2-1-3-5-12/h1-9H,10H2,(H,23,27). The van der Waals surface area contributed by atoms with E-state index < -0.39 is 41.5 Å². The van der Waals surface area contributed by atoms with Gasteiger partial charge in [-0.2, -0.15) is 13.2 Å². The summed E-state index contributed by atoms with van der Waals surface area (Å²) in [5.74, 6) is -2.24. The van der Waals surface area contributed by atoms with Gasteiger partial charge in [-0.25, -0.2) is 4.79 Å². The molecule has 0 radical (unpaired) electrons. The molecule has 9 heteroatoms. The van der Waals surface area contributed by atoms with Crippen LogP contribution in [0, 0.1) is 0 Å². The summed E-state index contributed by atoms with van der Waals surface area (Å²) in [4.78, 5) is 37.4. The summed E-state index contributed by atoms with van der Waals surface area (Å²) in [5, 5.41) is 2.09. The molecule has 1 N–H and O–H groups in total. The number of carbonyl (C=O) groups excluding carboxylic acids is 3. The smallest absolute Gasteiger partial charge is 0.312 e. The molecule has 0 saturated carbocycles. The Morgan fingerprint density at radius 1 is 1.04 bits per heavy atom. The lowest BCUT2D eigenvalue weighted by molar-refractivity contribution is -0.198. The highest BCUT2D eigenvalue weighted by Crippen LogP contribution is 2.43. The topological polar surface area (TPSA) is 66.5 Å². The van der Waals surface area contributed by atoms with E-state index in [1.807, 2.05) is 0 Å². The van der Waals surface area contributed by atoms with Gasteiger partial charge in [0.25, 0.3) is 5.91 Å². The molecule has 0 aliphatic carbocycles. The fourth-order valence-corrected chi connectivity index (χ4v) is 2.96. The summed E-state index contributed by atoms with van der Waals surface area (Å²) in [6.45, 7) is -0.822. The van der Waals surface area contributed by atoms with Crippen molar-refractivity contribution < 1.29 is 27.6 Å². The molecule has 3 amide bonds. The number of imide groups is 1. The highest BCUT2D eigenvalue weighted by Gasteiger charge is 2.68. The maximum atomic E-state index is 13.8. The molecule has 1 fully saturated rings. The molecule has 2 aromatic rings. The van der Waals surface area contributed by atoms with Crippen LogP contribution >= 0.6 is 11.6 Å². The number of urea groups is 1. The third-order valence-electron chi connectivity index (χ3n) is 4.21. The van der Waals surface area contributed by atoms with Crippen molar-refractivity contribution in [3.05, 3.63) is 70.7 Å². The molecule has 0 aromatic heterocycles. The summed E-state index contributed by atoms with van der Waals surface area (Å²) < 4.78 is 41.5. The largest absolute Gasteiger partial charge is 0.425 e. The number of hydrogen-bond donors (Lipinski definition) is 1. The third kappa shape index (κ3) is 3.16. The number of amides is 3. The third-order valence-corrected chi connectivity index (χ3v) is 4.46. The Kier molecular flexibility index (Phi) is 4.69. The van der Waals surface area contributed by atoms with E-state index in [0.29, 0.717) is 5.02 Å². The maximum Gasteiger partial charge on any atom is 0.425 e. The number of alkyl halides is 3. The Hall–Kier alpha value is -2.87. The van der Waals surface area contributed by atoms with E-state index in [-0.39, 0.29) is 10.5 Å². The lowest BCUT2D eigenvalue weighted by Gasteiger charge is -2.29. The number of benzene rings is 2. The van der Waals surface area contributed by atoms with E-state index in [4.69, 9.17) is 11.6 Å². The Morgan fingerprint density at radius 3 is 2.19 bits per heavy atom. The Morgan fingerprint density at radius 2 is 1.63 bits per heavy atom. The van der Waals surface area contributed by atoms with E-state index in [2.05, 4.69) is 0 Å². The molecular weight excluding hydrogens is 385 g/mol. The van der Waals surface area contributed by atoms with Crippen LogP contribution < -0.4 is 5.32 Å². The van der Waals surface area contributed by atoms with Crippen LogP contribution in [-0.2, 0) is 10.3 Å². The van der Waals surface area contributed by atoms with Crippen LogP contribution in [0.3, 0.4) is 0 Å². The molecule has 1 saturated heterocycles. The van der Waals surface area contributed by atoms with E-state index in [1.165, 1.54) is 42.5 Å². The number of nitrogens with zero attached hydrogens (tertiary/aromatic N) is 1. The summed E-state index contributed by atoms with van der Waals surface area (Å²) in [6, 6.07) is 10.6. The second-order valence-electron chi connectivity index (χ2n) is 5.87. The molecule has 1 aliphatic rings. The zero-order chi connectivity index (χ0) is 19.8. The van der Waals surface area contributed by atoms with Crippen molar-refractivity contribution in [1.82, 2.24) is 10.2 Å². The van der Waals surface area contributed by atoms with Crippen LogP contribution in [0.1, 0.15) is 15.9 Å². The normalized spacial score (nSPS) is 19.9. The summed E-state index contributed by atoms with van der Waals surface area (Å²) >= 11 is 5.72. The van der Waals surface area contributed by atoms with Crippen LogP contribution in [0.4, 0.5) is 18.0 Å². The minimum Gasteiger partial charge on any atom is -0.312 e. The van der Waals surface area contributed by atoms with Gasteiger partial charge in [-0.1, -0.05) is 41.9 Å². The van der Waals surface area contributed by atoms with Crippen LogP contribution in [0.2, 0.25) is 5.02 Å². The maximum absolute atomic E-state index is 13.8. The quantitative estimate of drug-likeness (QED) is 0.635. The first-order valence-electron chi connectivity index (χ1n) is 7.72. The minimum absolute atomic E-state index is 0.115. The van der Waals surface area contributed by atoms with Gasteiger partial charge in [-0.3, -0.25) is 14.5 Å². The molecule has 5 nitrogen and oxygen atoms in total. The van der Waals surface area contributed by atoms with Crippen molar-refractivity contribution in [2.75, 3.05) is 6.54 Å². The van der Waals surface area contributed by atoms with E-state index >= 15 is 0 Å². The van der Waals surface area contributed by atoms with Crippen LogP contribution in [0.25, 0.3) is 0 Å². The lowest BCUT2D eigenvalue weighted by atomic mass is 9.89. The number of hydrogen-bond acceptors (Lipinski definition) is 3. The van der Waals surface area contributed by atoms with Crippen molar-refractivity contribution in [2.45, 2.75) is 11.7 Å². The highest BCUT2D eigenvalue weighted by atomic mass is 35.5. The summed E-state index contributed by atoms with van der Waals surface area (Å²) in [5.41, 5.74) is -3.55. The number of halogens is 4. The monoisotopic (exact) mass is 396 g/mol. The Balaban J connectivity index is 1.95. The molecule has 1 unspecified atom stereocenters. The molecule has 1 aliphatic heterocycles. The van der Waals surface area contributed by atoms with E-state index in [0.717, 1.165) is 12.1 Å². The highest BCUT2D eigenvalue weighted by molar-refractivity contribution is 6.30. The number of carbonyl (C=O) groups is 3. The van der Waals surface area contributed by atoms with Crippen LogP contribution in [0.5, 0.6) is 0 Å². The van der Waals surface area contributed by atoms with Gasteiger partial charge >= 0.3 is 12.2 Å². The first kappa shape index (κ1) is 18.9. The van der Waals surface area contributed by atoms with Gasteiger partial charge in [0.15, 0.2) is 5.78 Å². The first-order chi connectivity index (χ1) is 12.7. The molecule has 1 heterocycles. The van der Waals surface area contributed by atoms with Gasteiger partial charge in [-0.15, -0.1) is 0 Å². The summed E-state index contributed by atoms with van der Waals surface area (Å²) in [6.07, 6.45) is -5.10. The first-order valence-corrected chi connectivity index (χ1v) is 8.10. The number of rotatable bonds is 4. The van der Waals surface area contributed by atoms with Gasteiger partial charge < -0.3 is 5.32 Å². The molecule has 0 spiro atoms. The van der Waals surface area contributed by atoms with Gasteiger partial charge in [0, 0.05) is 10.6 Å². The van der Waals surface area contributed by atoms with Crippen LogP contribution in [-0.4, -0.2) is 35.3 Å². The van der Waals surface area contributed by atoms with Crippen molar-refractivity contribution >= 4 is 29.3 Å². The van der Waals surface area contributed by atoms with Crippen molar-refractivity contribution in [1.29, 1.82) is 0 Å². The van der Waals surface area contributed by atoms with Crippen molar-refractivity contribution in [2.24, 2.45) is 0 Å². The molecule has 140 valence electrons. The predicted octanol–water partition coefficient (Wildman–Crippen LogP) is 3.53. The molecule has 0 bridgehead atoms. The van der Waals surface area contributed by atoms with Crippen molar-refractivity contribution in [3.63, 3.8) is 0 Å². The fourth-order valence-electron chi connectivity index (χ4n) is 2.83. The second-order valence-corrected chi connectivity index (χ2v) is 6.30. The zero-order valence-electron chi connectivity index (χ0n) is 13.6. The fraction of sp³-hybridized carbons (Fsp3) is 0.167. The minimum atomic E-state index is -5.10. The zero-order valence-corrected chi connectivity index (χ0v) is 14.3. The van der Waals surface area contributed by atoms with Gasteiger partial charge in [-0.05, 0) is 29.8 Å². The second kappa shape index (κ2) is 6.70. The summed E-state index contributed by atoms with van der Waals surface area (Å²) in [7, 11) is 0. The average molecular weight is 397 g/mol. The molecule has 3 rings (SSSR count). The predicted molar refractivity (Wildman–Crippen MR) is 90.2 cm³/mol. The SMILES string of the molecule is O=C(CN1C(=O)NC(c2ccccc2)(C(F)(F)F)C1=O)c1ccc(Cl)cc1. The van der Waals surface area contributed by atoms with E-state index in [9.17, 15) is 27.6 Å². The molecule has 2 aromatic carbocycles. The Bertz CT molecular complexity index is 900. The molecule has 27 heavy (non-hydrogen) atoms. The number of nitrogens with one attached hydrogen (secondary N) is 1. The van der Waals surface area contributed by atoms with Crippen molar-refractivity contribution in [3.8, 4) is 0 Å². The number of Topliss-reactive ketones (excluding diaryl/α,β-unsaturated/α-hetero) is 1. The molecule has 1 atom stereocenters. The van der Waals surface area contributed by atoms with Crippen LogP contribution in [0.15, 0.2) is 54.6 Å². The van der Waals surface area contributed by atoms with Gasteiger partial charge in [0.05, 0.1) is 6.54 Å². The van der Waals surface area contributed by atoms with Gasteiger partial charge in [0.2, 0.25) is 5.54 Å². The average Bonchev–Trinajstić information content (AvgIpc) is 2.88. The van der Waals surface area contributed by atoms with Gasteiger partial charge in [0.1, 0.15) is 0 Å². The lowest BCUT2D eigenvalue weighted by Crippen LogP contribution is -2.55. The number of ketones is 1.